The Hall–Kier alpha value is -1.64. The minimum absolute atomic E-state index is 0.0931. The number of carbonyl (C=O) groups is 1. The fraction of sp³-hybridized carbons (Fsp3) is 0.550. The smallest absolute Gasteiger partial charge is 0.230 e. The lowest BCUT2D eigenvalue weighted by molar-refractivity contribution is -0.138. The first-order valence-electron chi connectivity index (χ1n) is 9.83. The molecule has 0 radical (unpaired) electrons. The first-order chi connectivity index (χ1) is 13.5. The van der Waals surface area contributed by atoms with Crippen LogP contribution in [0, 0.1) is 18.8 Å². The Morgan fingerprint density at radius 1 is 1.43 bits per heavy atom. The number of thiazole rings is 1. The number of hydrogen-bond acceptors (Lipinski definition) is 6. The van der Waals surface area contributed by atoms with E-state index < -0.39 is 5.60 Å². The summed E-state index contributed by atoms with van der Waals surface area (Å²) in [6.45, 7) is 2.76. The SMILES string of the molecule is Cc1csc(C2(O)CC3CCCN(C(=O)C4C=C(c5cn[nH]c5)SC4)C3C2)n1. The molecule has 1 saturated carbocycles. The molecule has 5 rings (SSSR count). The molecule has 1 saturated heterocycles. The second-order valence-corrected chi connectivity index (χ2v) is 10.1. The molecule has 1 amide bonds. The molecule has 6 nitrogen and oxygen atoms in total. The molecule has 4 atom stereocenters. The highest BCUT2D eigenvalue weighted by Crippen LogP contribution is 2.49. The minimum Gasteiger partial charge on any atom is -0.383 e. The Kier molecular flexibility index (Phi) is 4.60. The van der Waals surface area contributed by atoms with Crippen molar-refractivity contribution in [3.05, 3.63) is 40.1 Å². The van der Waals surface area contributed by atoms with Gasteiger partial charge in [0.05, 0.1) is 12.1 Å². The van der Waals surface area contributed by atoms with Crippen molar-refractivity contribution >= 4 is 33.9 Å². The van der Waals surface area contributed by atoms with E-state index in [1.54, 1.807) is 18.0 Å². The molecule has 0 bridgehead atoms. The fourth-order valence-electron chi connectivity index (χ4n) is 4.91. The molecule has 0 aromatic carbocycles. The summed E-state index contributed by atoms with van der Waals surface area (Å²) in [7, 11) is 0. The van der Waals surface area contributed by atoms with Gasteiger partial charge in [-0.25, -0.2) is 4.98 Å². The van der Waals surface area contributed by atoms with Crippen LogP contribution in [-0.2, 0) is 10.4 Å². The zero-order chi connectivity index (χ0) is 19.3. The van der Waals surface area contributed by atoms with Gasteiger partial charge in [-0.1, -0.05) is 6.08 Å². The zero-order valence-corrected chi connectivity index (χ0v) is 17.4. The van der Waals surface area contributed by atoms with Gasteiger partial charge in [-0.05, 0) is 32.1 Å². The predicted octanol–water partition coefficient (Wildman–Crippen LogP) is 3.17. The van der Waals surface area contributed by atoms with Gasteiger partial charge in [-0.2, -0.15) is 5.10 Å². The van der Waals surface area contributed by atoms with Crippen molar-refractivity contribution in [1.29, 1.82) is 0 Å². The second kappa shape index (κ2) is 7.00. The van der Waals surface area contributed by atoms with Crippen LogP contribution < -0.4 is 0 Å². The first kappa shape index (κ1) is 18.4. The molecule has 2 N–H and O–H groups in total. The van der Waals surface area contributed by atoms with Gasteiger partial charge in [-0.3, -0.25) is 9.89 Å². The number of nitrogens with one attached hydrogen (secondary N) is 1. The third-order valence-corrected chi connectivity index (χ3v) is 8.60. The van der Waals surface area contributed by atoms with Gasteiger partial charge in [0.15, 0.2) is 0 Å². The number of H-pyrrole nitrogens is 1. The first-order valence-corrected chi connectivity index (χ1v) is 11.7. The van der Waals surface area contributed by atoms with Gasteiger partial charge in [-0.15, -0.1) is 23.1 Å². The quantitative estimate of drug-likeness (QED) is 0.803. The van der Waals surface area contributed by atoms with E-state index in [9.17, 15) is 9.90 Å². The van der Waals surface area contributed by atoms with E-state index in [-0.39, 0.29) is 17.9 Å². The Morgan fingerprint density at radius 3 is 3.07 bits per heavy atom. The van der Waals surface area contributed by atoms with Gasteiger partial charge in [0, 0.05) is 52.5 Å². The summed E-state index contributed by atoms with van der Waals surface area (Å²) in [5.74, 6) is 1.26. The highest BCUT2D eigenvalue weighted by atomic mass is 32.2. The van der Waals surface area contributed by atoms with E-state index in [2.05, 4.69) is 26.2 Å². The van der Waals surface area contributed by atoms with Crippen molar-refractivity contribution in [3.63, 3.8) is 0 Å². The van der Waals surface area contributed by atoms with Gasteiger partial charge in [0.25, 0.3) is 0 Å². The lowest BCUT2D eigenvalue weighted by atomic mass is 9.90. The number of nitrogens with zero attached hydrogens (tertiary/aromatic N) is 3. The largest absolute Gasteiger partial charge is 0.383 e. The van der Waals surface area contributed by atoms with Crippen molar-refractivity contribution in [3.8, 4) is 0 Å². The highest BCUT2D eigenvalue weighted by Gasteiger charge is 2.51. The van der Waals surface area contributed by atoms with E-state index in [1.165, 1.54) is 11.3 Å². The van der Waals surface area contributed by atoms with Gasteiger partial charge in [0.2, 0.25) is 5.91 Å². The third kappa shape index (κ3) is 3.11. The Bertz CT molecular complexity index is 909. The Morgan fingerprint density at radius 2 is 2.32 bits per heavy atom. The van der Waals surface area contributed by atoms with E-state index in [4.69, 9.17) is 0 Å². The molecule has 1 aliphatic carbocycles. The van der Waals surface area contributed by atoms with Gasteiger partial charge < -0.3 is 10.0 Å². The van der Waals surface area contributed by atoms with Crippen molar-refractivity contribution in [2.75, 3.05) is 12.3 Å². The van der Waals surface area contributed by atoms with Crippen LogP contribution in [0.2, 0.25) is 0 Å². The normalized spacial score (nSPS) is 32.4. The van der Waals surface area contributed by atoms with Crippen LogP contribution in [0.4, 0.5) is 0 Å². The third-order valence-electron chi connectivity index (χ3n) is 6.24. The average molecular weight is 417 g/mol. The number of amides is 1. The maximum absolute atomic E-state index is 13.4. The Labute approximate surface area is 172 Å². The van der Waals surface area contributed by atoms with Crippen molar-refractivity contribution < 1.29 is 9.90 Å². The van der Waals surface area contributed by atoms with Crippen molar-refractivity contribution in [2.24, 2.45) is 11.8 Å². The predicted molar refractivity (Wildman–Crippen MR) is 111 cm³/mol. The summed E-state index contributed by atoms with van der Waals surface area (Å²) < 4.78 is 0. The molecule has 2 fully saturated rings. The number of aliphatic hydroxyl groups is 1. The Balaban J connectivity index is 1.35. The molecular weight excluding hydrogens is 392 g/mol. The topological polar surface area (TPSA) is 82.1 Å². The summed E-state index contributed by atoms with van der Waals surface area (Å²) in [4.78, 5) is 21.1. The molecule has 3 aliphatic rings. The monoisotopic (exact) mass is 416 g/mol. The van der Waals surface area contributed by atoms with Crippen LogP contribution in [0.1, 0.15) is 41.9 Å². The molecule has 2 aliphatic heterocycles. The summed E-state index contributed by atoms with van der Waals surface area (Å²) in [5, 5.41) is 21.0. The number of aryl methyl sites for hydroxylation is 1. The van der Waals surface area contributed by atoms with Crippen LogP contribution in [0.25, 0.3) is 4.91 Å². The highest BCUT2D eigenvalue weighted by molar-refractivity contribution is 8.08. The number of fused-ring (bicyclic) bond motifs is 1. The van der Waals surface area contributed by atoms with E-state index in [0.717, 1.165) is 46.3 Å². The van der Waals surface area contributed by atoms with E-state index in [1.807, 2.05) is 18.5 Å². The zero-order valence-electron chi connectivity index (χ0n) is 15.8. The number of thioether (sulfide) groups is 1. The molecular formula is C20H24N4O2S2. The molecule has 4 unspecified atom stereocenters. The van der Waals surface area contributed by atoms with Gasteiger partial charge >= 0.3 is 0 Å². The molecule has 2 aromatic rings. The number of piperidine rings is 1. The van der Waals surface area contributed by atoms with Crippen LogP contribution in [0.5, 0.6) is 0 Å². The second-order valence-electron chi connectivity index (χ2n) is 8.17. The standard InChI is InChI=1S/C20H24N4O2S2/c1-12-10-28-19(23-12)20(26)6-13-3-2-4-24(16(13)7-20)18(25)14-5-17(27-11-14)15-8-21-22-9-15/h5,8-10,13-14,16,26H,2-4,6-7,11H2,1H3,(H,21,22). The molecule has 148 valence electrons. The van der Waals surface area contributed by atoms with E-state index in [0.29, 0.717) is 18.8 Å². The lowest BCUT2D eigenvalue weighted by Gasteiger charge is -2.38. The van der Waals surface area contributed by atoms with Crippen LogP contribution in [0.3, 0.4) is 0 Å². The molecule has 4 heterocycles. The summed E-state index contributed by atoms with van der Waals surface area (Å²) in [5.41, 5.74) is 1.11. The average Bonchev–Trinajstić information content (AvgIpc) is 3.45. The maximum Gasteiger partial charge on any atom is 0.230 e. The summed E-state index contributed by atoms with van der Waals surface area (Å²) in [6.07, 6.45) is 9.17. The number of aromatic amines is 1. The van der Waals surface area contributed by atoms with Crippen LogP contribution in [-0.4, -0.2) is 49.4 Å². The van der Waals surface area contributed by atoms with Crippen LogP contribution >= 0.6 is 23.1 Å². The van der Waals surface area contributed by atoms with Gasteiger partial charge in [0.1, 0.15) is 10.6 Å². The minimum atomic E-state index is -0.890. The molecule has 2 aromatic heterocycles. The van der Waals surface area contributed by atoms with Crippen molar-refractivity contribution in [1.82, 2.24) is 20.1 Å². The summed E-state index contributed by atoms with van der Waals surface area (Å²) in [6, 6.07) is 0.117. The maximum atomic E-state index is 13.4. The van der Waals surface area contributed by atoms with Crippen LogP contribution in [0.15, 0.2) is 23.8 Å². The number of hydrogen-bond donors (Lipinski definition) is 2. The van der Waals surface area contributed by atoms with Crippen molar-refractivity contribution in [2.45, 2.75) is 44.2 Å². The summed E-state index contributed by atoms with van der Waals surface area (Å²) >= 11 is 3.26. The number of likely N-dealkylation sites (tertiary alicyclic amines) is 1. The number of carbonyl (C=O) groups excluding carboxylic acids is 1. The number of aromatic nitrogens is 3. The molecule has 0 spiro atoms. The number of rotatable bonds is 3. The lowest BCUT2D eigenvalue weighted by Crippen LogP contribution is -2.48. The molecule has 8 heteroatoms. The van der Waals surface area contributed by atoms with E-state index >= 15 is 0 Å². The fourth-order valence-corrected chi connectivity index (χ4v) is 6.96. The molecule has 28 heavy (non-hydrogen) atoms.